The molecule has 0 unspecified atom stereocenters. The molecule has 0 radical (unpaired) electrons. The molecule has 1 saturated heterocycles. The van der Waals surface area contributed by atoms with Crippen molar-refractivity contribution in [3.05, 3.63) is 0 Å². The Hall–Kier alpha value is -1.14. The summed E-state index contributed by atoms with van der Waals surface area (Å²) in [6, 6.07) is 0. The van der Waals surface area contributed by atoms with Crippen LogP contribution in [0, 0.1) is 0 Å². The number of ether oxygens (including phenoxy) is 2. The van der Waals surface area contributed by atoms with E-state index >= 15 is 0 Å². The van der Waals surface area contributed by atoms with Gasteiger partial charge < -0.3 is 19.5 Å². The van der Waals surface area contributed by atoms with Crippen LogP contribution >= 0.6 is 0 Å². The van der Waals surface area contributed by atoms with Crippen LogP contribution in [0.25, 0.3) is 0 Å². The minimum Gasteiger partial charge on any atom is -0.479 e. The van der Waals surface area contributed by atoms with E-state index in [-0.39, 0.29) is 19.1 Å². The highest BCUT2D eigenvalue weighted by atomic mass is 16.5. The van der Waals surface area contributed by atoms with Gasteiger partial charge in [0.1, 0.15) is 6.10 Å². The average Bonchev–Trinajstić information content (AvgIpc) is 2.38. The quantitative estimate of drug-likeness (QED) is 0.703. The summed E-state index contributed by atoms with van der Waals surface area (Å²) in [5.41, 5.74) is 0. The van der Waals surface area contributed by atoms with Crippen molar-refractivity contribution in [3.8, 4) is 0 Å². The fraction of sp³-hybridized carbons (Fsp3) is 0.833. The highest BCUT2D eigenvalue weighted by Crippen LogP contribution is 2.09. The smallest absolute Gasteiger partial charge is 0.334 e. The molecule has 0 aromatic carbocycles. The number of carboxylic acids is 1. The Morgan fingerprint density at radius 2 is 2.28 bits per heavy atom. The van der Waals surface area contributed by atoms with E-state index in [1.165, 1.54) is 4.90 Å². The number of nitrogens with zero attached hydrogens (tertiary/aromatic N) is 1. The molecule has 6 heteroatoms. The maximum Gasteiger partial charge on any atom is 0.334 e. The molecule has 1 fully saturated rings. The molecule has 1 amide bonds. The minimum absolute atomic E-state index is 0.0929. The molecule has 1 rings (SSSR count). The third kappa shape index (κ3) is 4.27. The summed E-state index contributed by atoms with van der Waals surface area (Å²) in [5, 5.41) is 8.86. The molecule has 2 atom stereocenters. The summed E-state index contributed by atoms with van der Waals surface area (Å²) in [6.45, 7) is 5.07. The normalized spacial score (nSPS) is 21.7. The summed E-state index contributed by atoms with van der Waals surface area (Å²) in [7, 11) is 0. The van der Waals surface area contributed by atoms with Crippen LogP contribution < -0.4 is 0 Å². The molecule has 0 spiro atoms. The fourth-order valence-corrected chi connectivity index (χ4v) is 1.73. The summed E-state index contributed by atoms with van der Waals surface area (Å²) < 4.78 is 10.5. The van der Waals surface area contributed by atoms with E-state index in [4.69, 9.17) is 14.6 Å². The lowest BCUT2D eigenvalue weighted by atomic mass is 10.2. The second-order valence-corrected chi connectivity index (χ2v) is 4.35. The maximum atomic E-state index is 12.0. The lowest BCUT2D eigenvalue weighted by molar-refractivity contribution is -0.162. The Morgan fingerprint density at radius 1 is 1.56 bits per heavy atom. The van der Waals surface area contributed by atoms with Gasteiger partial charge in [0.05, 0.1) is 13.2 Å². The molecule has 6 nitrogen and oxygen atoms in total. The Bertz CT molecular complexity index is 294. The predicted molar refractivity (Wildman–Crippen MR) is 64.3 cm³/mol. The first kappa shape index (κ1) is 14.9. The molecule has 0 bridgehead atoms. The van der Waals surface area contributed by atoms with E-state index in [2.05, 4.69) is 6.92 Å². The number of amides is 1. The van der Waals surface area contributed by atoms with Crippen LogP contribution in [0.4, 0.5) is 0 Å². The van der Waals surface area contributed by atoms with E-state index in [1.807, 2.05) is 0 Å². The Balaban J connectivity index is 2.42. The average molecular weight is 259 g/mol. The van der Waals surface area contributed by atoms with Crippen molar-refractivity contribution in [2.75, 3.05) is 26.3 Å². The molecule has 0 aromatic rings. The number of carbonyl (C=O) groups is 2. The molecule has 18 heavy (non-hydrogen) atoms. The van der Waals surface area contributed by atoms with Gasteiger partial charge in [-0.1, -0.05) is 13.3 Å². The van der Waals surface area contributed by atoms with Crippen molar-refractivity contribution >= 4 is 11.9 Å². The van der Waals surface area contributed by atoms with Gasteiger partial charge in [0.2, 0.25) is 0 Å². The molecule has 1 aliphatic rings. The van der Waals surface area contributed by atoms with Gasteiger partial charge in [-0.3, -0.25) is 4.79 Å². The molecule has 1 heterocycles. The van der Waals surface area contributed by atoms with Gasteiger partial charge in [0.15, 0.2) is 6.10 Å². The first-order chi connectivity index (χ1) is 8.56. The van der Waals surface area contributed by atoms with Gasteiger partial charge in [0, 0.05) is 13.2 Å². The summed E-state index contributed by atoms with van der Waals surface area (Å²) >= 11 is 0. The molecule has 0 aliphatic carbocycles. The van der Waals surface area contributed by atoms with Gasteiger partial charge in [-0.15, -0.1) is 0 Å². The highest BCUT2D eigenvalue weighted by Gasteiger charge is 2.31. The van der Waals surface area contributed by atoms with E-state index in [0.29, 0.717) is 13.2 Å². The number of unbranched alkanes of at least 4 members (excludes halogenated alkanes) is 1. The Morgan fingerprint density at radius 3 is 2.89 bits per heavy atom. The number of carboxylic acid groups (broad SMARTS) is 1. The van der Waals surface area contributed by atoms with Crippen LogP contribution in [0.2, 0.25) is 0 Å². The second kappa shape index (κ2) is 7.33. The highest BCUT2D eigenvalue weighted by molar-refractivity contribution is 5.82. The topological polar surface area (TPSA) is 76.1 Å². The Labute approximate surface area is 107 Å². The van der Waals surface area contributed by atoms with Crippen molar-refractivity contribution in [3.63, 3.8) is 0 Å². The van der Waals surface area contributed by atoms with Crippen LogP contribution in [0.5, 0.6) is 0 Å². The summed E-state index contributed by atoms with van der Waals surface area (Å²) in [5.74, 6) is -1.20. The second-order valence-electron chi connectivity index (χ2n) is 4.35. The molecular formula is C12H21NO5. The molecule has 104 valence electrons. The monoisotopic (exact) mass is 259 g/mol. The van der Waals surface area contributed by atoms with Crippen LogP contribution in [-0.2, 0) is 19.1 Å². The molecule has 1 aliphatic heterocycles. The number of hydrogen-bond donors (Lipinski definition) is 1. The lowest BCUT2D eigenvalue weighted by Gasteiger charge is -2.32. The number of aliphatic carboxylic acids is 1. The number of carbonyl (C=O) groups excluding carboxylic acids is 1. The standard InChI is InChI=1S/C12H21NO5/c1-3-4-6-17-9(2)11(14)13-5-7-18-10(8-13)12(15)16/h9-10H,3-8H2,1-2H3,(H,15,16)/t9-,10-/m0/s1. The first-order valence-corrected chi connectivity index (χ1v) is 6.31. The zero-order valence-corrected chi connectivity index (χ0v) is 10.9. The number of rotatable bonds is 6. The van der Waals surface area contributed by atoms with Crippen LogP contribution in [0.3, 0.4) is 0 Å². The molecule has 0 saturated carbocycles. The SMILES string of the molecule is CCCCO[C@@H](C)C(=O)N1CCO[C@H](C(=O)O)C1. The molecule has 1 N–H and O–H groups in total. The van der Waals surface area contributed by atoms with Crippen molar-refractivity contribution in [2.45, 2.75) is 38.9 Å². The van der Waals surface area contributed by atoms with E-state index in [9.17, 15) is 9.59 Å². The zero-order chi connectivity index (χ0) is 13.5. The zero-order valence-electron chi connectivity index (χ0n) is 10.9. The lowest BCUT2D eigenvalue weighted by Crippen LogP contribution is -2.51. The largest absolute Gasteiger partial charge is 0.479 e. The van der Waals surface area contributed by atoms with Gasteiger partial charge in [-0.25, -0.2) is 4.79 Å². The van der Waals surface area contributed by atoms with Crippen molar-refractivity contribution < 1.29 is 24.2 Å². The number of hydrogen-bond acceptors (Lipinski definition) is 4. The third-order valence-corrected chi connectivity index (χ3v) is 2.87. The maximum absolute atomic E-state index is 12.0. The van der Waals surface area contributed by atoms with Crippen LogP contribution in [-0.4, -0.2) is 60.4 Å². The Kier molecular flexibility index (Phi) is 6.07. The van der Waals surface area contributed by atoms with Crippen molar-refractivity contribution in [2.24, 2.45) is 0 Å². The van der Waals surface area contributed by atoms with Crippen molar-refractivity contribution in [1.82, 2.24) is 4.90 Å². The van der Waals surface area contributed by atoms with Crippen LogP contribution in [0.15, 0.2) is 0 Å². The van der Waals surface area contributed by atoms with Gasteiger partial charge in [-0.05, 0) is 13.3 Å². The minimum atomic E-state index is -1.04. The first-order valence-electron chi connectivity index (χ1n) is 6.31. The van der Waals surface area contributed by atoms with E-state index in [1.54, 1.807) is 6.92 Å². The van der Waals surface area contributed by atoms with E-state index in [0.717, 1.165) is 12.8 Å². The molecule has 0 aromatic heterocycles. The van der Waals surface area contributed by atoms with Gasteiger partial charge in [-0.2, -0.15) is 0 Å². The molecular weight excluding hydrogens is 238 g/mol. The van der Waals surface area contributed by atoms with Gasteiger partial charge >= 0.3 is 5.97 Å². The van der Waals surface area contributed by atoms with Crippen molar-refractivity contribution in [1.29, 1.82) is 0 Å². The third-order valence-electron chi connectivity index (χ3n) is 2.87. The predicted octanol–water partition coefficient (Wildman–Crippen LogP) is 0.504. The summed E-state index contributed by atoms with van der Waals surface area (Å²) in [4.78, 5) is 24.3. The van der Waals surface area contributed by atoms with Gasteiger partial charge in [0.25, 0.3) is 5.91 Å². The number of morpholine rings is 1. The van der Waals surface area contributed by atoms with Crippen LogP contribution in [0.1, 0.15) is 26.7 Å². The van der Waals surface area contributed by atoms with E-state index < -0.39 is 18.2 Å². The fourth-order valence-electron chi connectivity index (χ4n) is 1.73. The summed E-state index contributed by atoms with van der Waals surface area (Å²) in [6.07, 6.45) is 0.479.